The molecule has 5 nitrogen and oxygen atoms in total. The monoisotopic (exact) mass is 450 g/mol. The van der Waals surface area contributed by atoms with E-state index in [4.69, 9.17) is 6.42 Å². The van der Waals surface area contributed by atoms with Crippen molar-refractivity contribution in [1.82, 2.24) is 14.5 Å². The highest BCUT2D eigenvalue weighted by molar-refractivity contribution is 9.10. The van der Waals surface area contributed by atoms with Gasteiger partial charge >= 0.3 is 6.18 Å². The first-order chi connectivity index (χ1) is 13.1. The highest BCUT2D eigenvalue weighted by Gasteiger charge is 2.33. The lowest BCUT2D eigenvalue weighted by atomic mass is 9.96. The molecule has 3 aromatic rings. The van der Waals surface area contributed by atoms with E-state index in [2.05, 4.69) is 37.1 Å². The van der Waals surface area contributed by atoms with E-state index in [0.717, 1.165) is 6.07 Å². The van der Waals surface area contributed by atoms with Crippen molar-refractivity contribution in [3.05, 3.63) is 62.1 Å². The van der Waals surface area contributed by atoms with Crippen molar-refractivity contribution >= 4 is 32.8 Å². The van der Waals surface area contributed by atoms with Crippen LogP contribution in [0.4, 0.5) is 19.0 Å². The molecule has 0 fully saturated rings. The lowest BCUT2D eigenvalue weighted by Crippen LogP contribution is -2.20. The molecule has 1 aromatic carbocycles. The molecule has 3 rings (SSSR count). The number of anilines is 1. The summed E-state index contributed by atoms with van der Waals surface area (Å²) in [6.07, 6.45) is 2.38. The lowest BCUT2D eigenvalue weighted by Gasteiger charge is -2.20. The molecule has 0 aliphatic carbocycles. The molecule has 0 spiro atoms. The van der Waals surface area contributed by atoms with E-state index < -0.39 is 17.8 Å². The molecule has 0 amide bonds. The summed E-state index contributed by atoms with van der Waals surface area (Å²) in [6, 6.07) is 4.55. The molecule has 1 atom stereocenters. The first kappa shape index (κ1) is 19.9. The predicted molar refractivity (Wildman–Crippen MR) is 104 cm³/mol. The summed E-state index contributed by atoms with van der Waals surface area (Å²) < 4.78 is 41.3. The Balaban J connectivity index is 2.11. The molecule has 0 saturated heterocycles. The second-order valence-corrected chi connectivity index (χ2v) is 6.93. The minimum Gasteiger partial charge on any atom is -0.352 e. The van der Waals surface area contributed by atoms with Crippen molar-refractivity contribution in [1.29, 1.82) is 0 Å². The highest BCUT2D eigenvalue weighted by Crippen LogP contribution is 2.35. The van der Waals surface area contributed by atoms with Gasteiger partial charge in [0.2, 0.25) is 0 Å². The normalized spacial score (nSPS) is 12.6. The third kappa shape index (κ3) is 3.47. The molecule has 0 aliphatic heterocycles. The topological polar surface area (TPSA) is 59.8 Å². The van der Waals surface area contributed by atoms with Crippen LogP contribution < -0.4 is 10.9 Å². The molecule has 2 aromatic heterocycles. The van der Waals surface area contributed by atoms with Gasteiger partial charge in [-0.3, -0.25) is 9.36 Å². The molecule has 1 N–H and O–H groups in total. The molecule has 28 heavy (non-hydrogen) atoms. The van der Waals surface area contributed by atoms with Crippen molar-refractivity contribution in [2.45, 2.75) is 19.1 Å². The number of aryl methyl sites for hydroxylation is 1. The number of hydrogen-bond donors (Lipinski definition) is 1. The van der Waals surface area contributed by atoms with Crippen LogP contribution >= 0.6 is 15.9 Å². The van der Waals surface area contributed by atoms with Crippen molar-refractivity contribution in [3.63, 3.8) is 0 Å². The van der Waals surface area contributed by atoms with Gasteiger partial charge in [-0.1, -0.05) is 18.1 Å². The summed E-state index contributed by atoms with van der Waals surface area (Å²) in [5.41, 5.74) is -0.309. The van der Waals surface area contributed by atoms with E-state index in [1.165, 1.54) is 30.0 Å². The minimum absolute atomic E-state index is 0.0393. The standard InChI is InChI=1S/C19H14BrF3N4O/c1-4-15(11-6-5-7-13(10(11)2)19(21,22)23)26-16-12-8-14(20)18(28)27(3)17(12)25-9-24-16/h1,5-9,15H,2-3H3,(H,24,25,26)/t15-/m1/s1. The first-order valence-electron chi connectivity index (χ1n) is 8.04. The molecular formula is C19H14BrF3N4O. The fourth-order valence-electron chi connectivity index (χ4n) is 2.97. The van der Waals surface area contributed by atoms with E-state index in [-0.39, 0.29) is 11.1 Å². The molecule has 144 valence electrons. The average Bonchev–Trinajstić information content (AvgIpc) is 2.64. The summed E-state index contributed by atoms with van der Waals surface area (Å²) in [6.45, 7) is 1.38. The Morgan fingerprint density at radius 1 is 1.32 bits per heavy atom. The average molecular weight is 451 g/mol. The van der Waals surface area contributed by atoms with Crippen LogP contribution in [-0.2, 0) is 13.2 Å². The maximum Gasteiger partial charge on any atom is 0.416 e. The van der Waals surface area contributed by atoms with Crippen molar-refractivity contribution in [3.8, 4) is 12.3 Å². The summed E-state index contributed by atoms with van der Waals surface area (Å²) in [5.74, 6) is 2.78. The van der Waals surface area contributed by atoms with Gasteiger partial charge < -0.3 is 5.32 Å². The third-order valence-corrected chi connectivity index (χ3v) is 4.97. The number of nitrogens with one attached hydrogen (secondary N) is 1. The Morgan fingerprint density at radius 3 is 2.68 bits per heavy atom. The molecule has 0 aliphatic rings. The number of hydrogen-bond acceptors (Lipinski definition) is 4. The SMILES string of the molecule is C#C[C@@H](Nc1ncnc2c1cc(Br)c(=O)n2C)c1cccc(C(F)(F)F)c1C. The van der Waals surface area contributed by atoms with Crippen LogP contribution in [0.3, 0.4) is 0 Å². The van der Waals surface area contributed by atoms with E-state index >= 15 is 0 Å². The number of rotatable bonds is 3. The maximum absolute atomic E-state index is 13.2. The Hall–Kier alpha value is -2.86. The van der Waals surface area contributed by atoms with Crippen LogP contribution in [0.2, 0.25) is 0 Å². The van der Waals surface area contributed by atoms with Gasteiger partial charge in [-0.2, -0.15) is 13.2 Å². The van der Waals surface area contributed by atoms with Gasteiger partial charge in [0.15, 0.2) is 0 Å². The van der Waals surface area contributed by atoms with Crippen LogP contribution in [0.5, 0.6) is 0 Å². The molecule has 0 bridgehead atoms. The van der Waals surface area contributed by atoms with E-state index in [9.17, 15) is 18.0 Å². The summed E-state index contributed by atoms with van der Waals surface area (Å²) in [5, 5.41) is 3.49. The lowest BCUT2D eigenvalue weighted by molar-refractivity contribution is -0.138. The van der Waals surface area contributed by atoms with Gasteiger partial charge in [0, 0.05) is 7.05 Å². The zero-order valence-corrected chi connectivity index (χ0v) is 16.4. The smallest absolute Gasteiger partial charge is 0.352 e. The number of fused-ring (bicyclic) bond motifs is 1. The number of benzene rings is 1. The van der Waals surface area contributed by atoms with Crippen LogP contribution in [0, 0.1) is 19.3 Å². The molecule has 0 unspecified atom stereocenters. The number of pyridine rings is 1. The Morgan fingerprint density at radius 2 is 2.04 bits per heavy atom. The van der Waals surface area contributed by atoms with Gasteiger partial charge in [-0.15, -0.1) is 6.42 Å². The van der Waals surface area contributed by atoms with Crippen molar-refractivity contribution in [2.24, 2.45) is 7.05 Å². The van der Waals surface area contributed by atoms with Crippen molar-refractivity contribution in [2.75, 3.05) is 5.32 Å². The summed E-state index contributed by atoms with van der Waals surface area (Å²) in [4.78, 5) is 20.3. The fourth-order valence-corrected chi connectivity index (χ4v) is 3.46. The molecule has 0 saturated carbocycles. The van der Waals surface area contributed by atoms with Crippen LogP contribution in [0.25, 0.3) is 11.0 Å². The Bertz CT molecular complexity index is 1160. The fraction of sp³-hybridized carbons (Fsp3) is 0.211. The summed E-state index contributed by atoms with van der Waals surface area (Å²) >= 11 is 3.19. The molecule has 9 heteroatoms. The Labute approximate surface area is 166 Å². The summed E-state index contributed by atoms with van der Waals surface area (Å²) in [7, 11) is 1.56. The van der Waals surface area contributed by atoms with Gasteiger partial charge in [0.25, 0.3) is 5.56 Å². The zero-order valence-electron chi connectivity index (χ0n) is 14.8. The van der Waals surface area contributed by atoms with E-state index in [1.54, 1.807) is 13.1 Å². The van der Waals surface area contributed by atoms with Crippen LogP contribution in [-0.4, -0.2) is 14.5 Å². The first-order valence-corrected chi connectivity index (χ1v) is 8.84. The number of aromatic nitrogens is 3. The predicted octanol–water partition coefficient (Wildman–Crippen LogP) is 4.20. The van der Waals surface area contributed by atoms with Crippen molar-refractivity contribution < 1.29 is 13.2 Å². The largest absolute Gasteiger partial charge is 0.416 e. The number of terminal acetylenes is 1. The maximum atomic E-state index is 13.2. The van der Waals surface area contributed by atoms with Gasteiger partial charge in [-0.25, -0.2) is 9.97 Å². The van der Waals surface area contributed by atoms with Crippen LogP contribution in [0.15, 0.2) is 39.9 Å². The third-order valence-electron chi connectivity index (χ3n) is 4.40. The number of halogens is 4. The van der Waals surface area contributed by atoms with Gasteiger partial charge in [0.1, 0.15) is 23.8 Å². The number of nitrogens with zero attached hydrogens (tertiary/aromatic N) is 3. The minimum atomic E-state index is -4.48. The van der Waals surface area contributed by atoms with Gasteiger partial charge in [-0.05, 0) is 46.1 Å². The zero-order chi connectivity index (χ0) is 20.6. The quantitative estimate of drug-likeness (QED) is 0.607. The molecular weight excluding hydrogens is 437 g/mol. The van der Waals surface area contributed by atoms with Crippen LogP contribution in [0.1, 0.15) is 22.7 Å². The number of alkyl halides is 3. The second-order valence-electron chi connectivity index (χ2n) is 6.08. The molecule has 0 radical (unpaired) electrons. The Kier molecular flexibility index (Phi) is 5.17. The molecule has 2 heterocycles. The second kappa shape index (κ2) is 7.28. The highest BCUT2D eigenvalue weighted by atomic mass is 79.9. The van der Waals surface area contributed by atoms with E-state index in [1.807, 2.05) is 0 Å². The van der Waals surface area contributed by atoms with E-state index in [0.29, 0.717) is 26.9 Å². The van der Waals surface area contributed by atoms with Gasteiger partial charge in [0.05, 0.1) is 15.4 Å².